The molecule has 6 rings (SSSR count). The third-order valence-corrected chi connectivity index (χ3v) is 7.44. The lowest BCUT2D eigenvalue weighted by Gasteiger charge is -2.42. The van der Waals surface area contributed by atoms with Crippen LogP contribution in [-0.4, -0.2) is 89.4 Å². The smallest absolute Gasteiger partial charge is 0.159 e. The highest BCUT2D eigenvalue weighted by Crippen LogP contribution is 2.32. The number of aromatic amines is 1. The monoisotopic (exact) mass is 472 g/mol. The van der Waals surface area contributed by atoms with Crippen LogP contribution in [0.5, 0.6) is 5.75 Å². The Kier molecular flexibility index (Phi) is 5.87. The Hall–Kier alpha value is -3.43. The normalized spacial score (nSPS) is 18.4. The Morgan fingerprint density at radius 1 is 1.00 bits per heavy atom. The summed E-state index contributed by atoms with van der Waals surface area (Å²) in [6, 6.07) is 10.8. The first-order valence-electron chi connectivity index (χ1n) is 12.4. The fourth-order valence-corrected chi connectivity index (χ4v) is 5.32. The van der Waals surface area contributed by atoms with Crippen LogP contribution in [-0.2, 0) is 0 Å². The Balaban J connectivity index is 1.15. The molecule has 0 saturated carbocycles. The topological polar surface area (TPSA) is 85.4 Å². The second kappa shape index (κ2) is 9.31. The lowest BCUT2D eigenvalue weighted by atomic mass is 10.0. The molecule has 9 nitrogen and oxygen atoms in total. The predicted molar refractivity (Wildman–Crippen MR) is 140 cm³/mol. The molecule has 2 saturated heterocycles. The van der Waals surface area contributed by atoms with E-state index < -0.39 is 0 Å². The molecule has 2 fully saturated rings. The van der Waals surface area contributed by atoms with E-state index in [1.807, 2.05) is 30.6 Å². The molecular weight excluding hydrogens is 440 g/mol. The highest BCUT2D eigenvalue weighted by Gasteiger charge is 2.27. The first-order chi connectivity index (χ1) is 17.2. The molecule has 0 spiro atoms. The minimum atomic E-state index is 0.705. The van der Waals surface area contributed by atoms with Gasteiger partial charge >= 0.3 is 0 Å². The highest BCUT2D eigenvalue weighted by atomic mass is 16.5. The zero-order valence-electron chi connectivity index (χ0n) is 20.4. The van der Waals surface area contributed by atoms with E-state index in [4.69, 9.17) is 14.7 Å². The van der Waals surface area contributed by atoms with Gasteiger partial charge in [0, 0.05) is 62.3 Å². The molecule has 2 aliphatic rings. The van der Waals surface area contributed by atoms with Crippen molar-refractivity contribution in [1.82, 2.24) is 30.0 Å². The number of piperazine rings is 1. The van der Waals surface area contributed by atoms with E-state index in [2.05, 4.69) is 49.4 Å². The molecule has 0 aliphatic carbocycles. The highest BCUT2D eigenvalue weighted by molar-refractivity contribution is 6.09. The van der Waals surface area contributed by atoms with Gasteiger partial charge in [-0.05, 0) is 50.2 Å². The Morgan fingerprint density at radius 3 is 2.57 bits per heavy atom. The molecule has 3 aromatic heterocycles. The van der Waals surface area contributed by atoms with Gasteiger partial charge in [0.1, 0.15) is 17.1 Å². The zero-order valence-corrected chi connectivity index (χ0v) is 20.4. The third-order valence-electron chi connectivity index (χ3n) is 7.44. The van der Waals surface area contributed by atoms with Gasteiger partial charge in [0.25, 0.3) is 0 Å². The van der Waals surface area contributed by atoms with Crippen molar-refractivity contribution >= 4 is 39.1 Å². The van der Waals surface area contributed by atoms with Crippen LogP contribution in [0.25, 0.3) is 21.8 Å². The van der Waals surface area contributed by atoms with Crippen molar-refractivity contribution in [3.05, 3.63) is 42.7 Å². The lowest BCUT2D eigenvalue weighted by molar-refractivity contribution is 0.0981. The summed E-state index contributed by atoms with van der Waals surface area (Å²) in [6.07, 6.45) is 6.19. The largest absolute Gasteiger partial charge is 0.497 e. The van der Waals surface area contributed by atoms with Crippen LogP contribution in [0.15, 0.2) is 42.7 Å². The molecule has 0 amide bonds. The number of hydrogen-bond acceptors (Lipinski definition) is 8. The molecule has 5 heterocycles. The summed E-state index contributed by atoms with van der Waals surface area (Å²) in [5.74, 6) is 2.55. The van der Waals surface area contributed by atoms with Gasteiger partial charge in [-0.2, -0.15) is 5.10 Å². The van der Waals surface area contributed by atoms with E-state index in [1.165, 1.54) is 39.0 Å². The van der Waals surface area contributed by atoms with Gasteiger partial charge in [0.15, 0.2) is 5.82 Å². The van der Waals surface area contributed by atoms with E-state index in [1.54, 1.807) is 7.11 Å². The molecule has 1 aromatic carbocycles. The van der Waals surface area contributed by atoms with Gasteiger partial charge in [0.2, 0.25) is 0 Å². The van der Waals surface area contributed by atoms with Crippen LogP contribution in [0, 0.1) is 0 Å². The number of rotatable bonds is 5. The van der Waals surface area contributed by atoms with E-state index >= 15 is 0 Å². The third kappa shape index (κ3) is 4.37. The van der Waals surface area contributed by atoms with Crippen LogP contribution in [0.3, 0.4) is 0 Å². The van der Waals surface area contributed by atoms with Gasteiger partial charge in [-0.1, -0.05) is 0 Å². The SMILES string of the molecule is COc1ccc2nc(Nc3ccc(N4CCC(N5CCN(C)CC5)CC4)nc3)c3n[nH]cc3c2c1. The molecule has 9 heteroatoms. The van der Waals surface area contributed by atoms with Crippen molar-refractivity contribution in [1.29, 1.82) is 0 Å². The number of benzene rings is 1. The fraction of sp³-hybridized carbons (Fsp3) is 0.423. The molecule has 2 N–H and O–H groups in total. The molecule has 2 aliphatic heterocycles. The number of hydrogen-bond donors (Lipinski definition) is 2. The summed E-state index contributed by atoms with van der Waals surface area (Å²) < 4.78 is 5.38. The Morgan fingerprint density at radius 2 is 1.83 bits per heavy atom. The number of nitrogens with one attached hydrogen (secondary N) is 2. The van der Waals surface area contributed by atoms with Crippen LogP contribution >= 0.6 is 0 Å². The number of likely N-dealkylation sites (N-methyl/N-ethyl adjacent to an activating group) is 1. The number of anilines is 3. The van der Waals surface area contributed by atoms with Crippen molar-refractivity contribution in [3.63, 3.8) is 0 Å². The van der Waals surface area contributed by atoms with Gasteiger partial charge in [-0.15, -0.1) is 0 Å². The molecule has 0 bridgehead atoms. The van der Waals surface area contributed by atoms with Crippen molar-refractivity contribution in [3.8, 4) is 5.75 Å². The standard InChI is InChI=1S/C26H32N8O/c1-32-11-13-33(14-12-32)19-7-9-34(10-8-19)24-6-3-18(16-27-24)29-26-25-22(17-28-31-25)21-15-20(35-2)4-5-23(21)30-26/h3-6,15-17,19H,7-14H2,1-2H3,(H,28,31)(H,29,30). The Bertz CT molecular complexity index is 1300. The molecule has 0 radical (unpaired) electrons. The maximum atomic E-state index is 5.38. The second-order valence-electron chi connectivity index (χ2n) is 9.58. The van der Waals surface area contributed by atoms with Crippen molar-refractivity contribution in [2.45, 2.75) is 18.9 Å². The maximum absolute atomic E-state index is 5.38. The summed E-state index contributed by atoms with van der Waals surface area (Å²) in [4.78, 5) is 17.1. The molecular formula is C26H32N8O. The first-order valence-corrected chi connectivity index (χ1v) is 12.4. The number of piperidine rings is 1. The number of H-pyrrole nitrogens is 1. The summed E-state index contributed by atoms with van der Waals surface area (Å²) >= 11 is 0. The van der Waals surface area contributed by atoms with Gasteiger partial charge < -0.3 is 19.9 Å². The minimum absolute atomic E-state index is 0.705. The quantitative estimate of drug-likeness (QED) is 0.457. The number of pyridine rings is 2. The van der Waals surface area contributed by atoms with Crippen LogP contribution < -0.4 is 15.0 Å². The van der Waals surface area contributed by atoms with E-state index in [9.17, 15) is 0 Å². The molecule has 0 unspecified atom stereocenters. The van der Waals surface area contributed by atoms with Gasteiger partial charge in [-0.25, -0.2) is 9.97 Å². The molecule has 35 heavy (non-hydrogen) atoms. The first kappa shape index (κ1) is 22.1. The number of fused-ring (bicyclic) bond motifs is 3. The Labute approximate surface area is 205 Å². The van der Waals surface area contributed by atoms with Gasteiger partial charge in [0.05, 0.1) is 24.5 Å². The minimum Gasteiger partial charge on any atom is -0.497 e. The van der Waals surface area contributed by atoms with E-state index in [0.29, 0.717) is 11.9 Å². The fourth-order valence-electron chi connectivity index (χ4n) is 5.32. The average Bonchev–Trinajstić information content (AvgIpc) is 3.41. The summed E-state index contributed by atoms with van der Waals surface area (Å²) in [6.45, 7) is 6.86. The second-order valence-corrected chi connectivity index (χ2v) is 9.58. The van der Waals surface area contributed by atoms with Crippen LogP contribution in [0.2, 0.25) is 0 Å². The van der Waals surface area contributed by atoms with Gasteiger partial charge in [-0.3, -0.25) is 10.00 Å². The zero-order chi connectivity index (χ0) is 23.8. The van der Waals surface area contributed by atoms with Crippen molar-refractivity contribution < 1.29 is 4.74 Å². The summed E-state index contributed by atoms with van der Waals surface area (Å²) in [5.41, 5.74) is 2.57. The summed E-state index contributed by atoms with van der Waals surface area (Å²) in [5, 5.41) is 12.8. The molecule has 182 valence electrons. The lowest BCUT2D eigenvalue weighted by Crippen LogP contribution is -2.52. The summed E-state index contributed by atoms with van der Waals surface area (Å²) in [7, 11) is 3.89. The number of aromatic nitrogens is 4. The maximum Gasteiger partial charge on any atom is 0.159 e. The number of nitrogens with zero attached hydrogens (tertiary/aromatic N) is 6. The number of methoxy groups -OCH3 is 1. The van der Waals surface area contributed by atoms with Crippen molar-refractivity contribution in [2.75, 3.05) is 63.6 Å². The average molecular weight is 473 g/mol. The van der Waals surface area contributed by atoms with E-state index in [0.717, 1.165) is 52.2 Å². The number of ether oxygens (including phenoxy) is 1. The van der Waals surface area contributed by atoms with Crippen LogP contribution in [0.1, 0.15) is 12.8 Å². The van der Waals surface area contributed by atoms with Crippen molar-refractivity contribution in [2.24, 2.45) is 0 Å². The molecule has 4 aromatic rings. The van der Waals surface area contributed by atoms with Crippen LogP contribution in [0.4, 0.5) is 17.3 Å². The molecule has 0 atom stereocenters. The predicted octanol–water partition coefficient (Wildman–Crippen LogP) is 3.47. The van der Waals surface area contributed by atoms with E-state index in [-0.39, 0.29) is 0 Å².